The quantitative estimate of drug-likeness (QED) is 0.642. The second-order valence-corrected chi connectivity index (χ2v) is 7.55. The van der Waals surface area contributed by atoms with Crippen LogP contribution in [0.15, 0.2) is 12.1 Å². The van der Waals surface area contributed by atoms with E-state index in [0.29, 0.717) is 17.8 Å². The minimum absolute atomic E-state index is 0.00383. The third-order valence-corrected chi connectivity index (χ3v) is 6.81. The molecule has 5 atom stereocenters. The maximum Gasteiger partial charge on any atom is 0.160 e. The van der Waals surface area contributed by atoms with Crippen LogP contribution in [0.3, 0.4) is 0 Å². The van der Waals surface area contributed by atoms with Crippen molar-refractivity contribution in [1.29, 1.82) is 0 Å². The molecule has 3 aliphatic carbocycles. The number of aliphatic hydroxyl groups is 1. The SMILES string of the molecule is C[C@]12CC[C@@H]3c4ccc(O)c(O)c4CC[C@@H]3[C@@H]1CC[C@@H]2O. The summed E-state index contributed by atoms with van der Waals surface area (Å²) in [5, 5.41) is 30.2. The third-order valence-electron chi connectivity index (χ3n) is 6.81. The van der Waals surface area contributed by atoms with Gasteiger partial charge in [-0.15, -0.1) is 0 Å². The molecule has 0 amide bonds. The molecule has 2 fully saturated rings. The van der Waals surface area contributed by atoms with Crippen LogP contribution in [0.1, 0.15) is 56.1 Å². The zero-order valence-electron chi connectivity index (χ0n) is 12.5. The Balaban J connectivity index is 1.74. The molecule has 0 saturated heterocycles. The second kappa shape index (κ2) is 4.39. The van der Waals surface area contributed by atoms with E-state index in [9.17, 15) is 15.3 Å². The zero-order chi connectivity index (χ0) is 14.8. The van der Waals surface area contributed by atoms with Crippen LogP contribution in [0, 0.1) is 17.3 Å². The first-order chi connectivity index (χ1) is 10.0. The number of aromatic hydroxyl groups is 2. The molecule has 2 saturated carbocycles. The Bertz CT molecular complexity index is 582. The molecule has 1 aromatic carbocycles. The summed E-state index contributed by atoms with van der Waals surface area (Å²) in [6.45, 7) is 2.27. The van der Waals surface area contributed by atoms with Crippen LogP contribution >= 0.6 is 0 Å². The molecular formula is C18H24O3. The molecular weight excluding hydrogens is 264 g/mol. The number of hydrogen-bond donors (Lipinski definition) is 3. The largest absolute Gasteiger partial charge is 0.504 e. The summed E-state index contributed by atoms with van der Waals surface area (Å²) >= 11 is 0. The number of phenolic OH excluding ortho intramolecular Hbond substituents is 2. The van der Waals surface area contributed by atoms with Gasteiger partial charge in [-0.2, -0.15) is 0 Å². The molecule has 3 heteroatoms. The van der Waals surface area contributed by atoms with Crippen LogP contribution in [0.4, 0.5) is 0 Å². The Hall–Kier alpha value is -1.22. The summed E-state index contributed by atoms with van der Waals surface area (Å²) in [6.07, 6.45) is 6.02. The van der Waals surface area contributed by atoms with E-state index in [2.05, 4.69) is 6.92 Å². The number of fused-ring (bicyclic) bond motifs is 5. The highest BCUT2D eigenvalue weighted by atomic mass is 16.3. The molecule has 0 spiro atoms. The van der Waals surface area contributed by atoms with Crippen LogP contribution in [0.5, 0.6) is 11.5 Å². The lowest BCUT2D eigenvalue weighted by Gasteiger charge is -2.50. The average Bonchev–Trinajstić information content (AvgIpc) is 2.78. The Morgan fingerprint density at radius 1 is 1.10 bits per heavy atom. The summed E-state index contributed by atoms with van der Waals surface area (Å²) in [5.74, 6) is 1.81. The molecule has 3 nitrogen and oxygen atoms in total. The minimum atomic E-state index is -0.141. The van der Waals surface area contributed by atoms with E-state index in [1.54, 1.807) is 6.07 Å². The maximum atomic E-state index is 10.4. The van der Waals surface area contributed by atoms with E-state index < -0.39 is 0 Å². The number of rotatable bonds is 0. The molecule has 3 aliphatic rings. The highest BCUT2D eigenvalue weighted by molar-refractivity contribution is 5.51. The standard InChI is InChI=1S/C18H24O3/c1-18-9-8-11-10-4-6-15(19)17(21)13(10)3-2-12(11)14(18)5-7-16(18)20/h4,6,11-12,14,16,19-21H,2-3,5,7-9H2,1H3/t11-,12+,14+,16+,18+/m1/s1. The lowest BCUT2D eigenvalue weighted by Crippen LogP contribution is -2.43. The number of aliphatic hydroxyl groups excluding tert-OH is 1. The average molecular weight is 288 g/mol. The van der Waals surface area contributed by atoms with Crippen molar-refractivity contribution in [2.45, 2.75) is 57.5 Å². The molecule has 1 aromatic rings. The Morgan fingerprint density at radius 2 is 1.90 bits per heavy atom. The Kier molecular flexibility index (Phi) is 2.81. The molecule has 0 aliphatic heterocycles. The van der Waals surface area contributed by atoms with Crippen molar-refractivity contribution in [2.24, 2.45) is 17.3 Å². The van der Waals surface area contributed by atoms with Crippen molar-refractivity contribution in [3.63, 3.8) is 0 Å². The van der Waals surface area contributed by atoms with Gasteiger partial charge in [0.05, 0.1) is 6.10 Å². The van der Waals surface area contributed by atoms with E-state index in [1.807, 2.05) is 6.07 Å². The van der Waals surface area contributed by atoms with E-state index in [1.165, 1.54) is 5.56 Å². The Labute approximate surface area is 125 Å². The smallest absolute Gasteiger partial charge is 0.160 e. The Morgan fingerprint density at radius 3 is 2.71 bits per heavy atom. The van der Waals surface area contributed by atoms with Gasteiger partial charge < -0.3 is 15.3 Å². The fourth-order valence-corrected chi connectivity index (χ4v) is 5.61. The van der Waals surface area contributed by atoms with Crippen LogP contribution in [0.25, 0.3) is 0 Å². The zero-order valence-corrected chi connectivity index (χ0v) is 12.5. The van der Waals surface area contributed by atoms with Gasteiger partial charge in [0.2, 0.25) is 0 Å². The van der Waals surface area contributed by atoms with Crippen molar-refractivity contribution >= 4 is 0 Å². The molecule has 0 aromatic heterocycles. The monoisotopic (exact) mass is 288 g/mol. The summed E-state index contributed by atoms with van der Waals surface area (Å²) in [4.78, 5) is 0. The first kappa shape index (κ1) is 13.4. The van der Waals surface area contributed by atoms with Gasteiger partial charge in [-0.1, -0.05) is 13.0 Å². The van der Waals surface area contributed by atoms with Crippen LogP contribution in [-0.2, 0) is 6.42 Å². The summed E-state index contributed by atoms with van der Waals surface area (Å²) in [5.41, 5.74) is 2.29. The van der Waals surface area contributed by atoms with Crippen LogP contribution < -0.4 is 0 Å². The molecule has 114 valence electrons. The van der Waals surface area contributed by atoms with Crippen molar-refractivity contribution in [2.75, 3.05) is 0 Å². The minimum Gasteiger partial charge on any atom is -0.504 e. The third kappa shape index (κ3) is 1.70. The van der Waals surface area contributed by atoms with Crippen molar-refractivity contribution < 1.29 is 15.3 Å². The van der Waals surface area contributed by atoms with Gasteiger partial charge in [-0.3, -0.25) is 0 Å². The normalized spacial score (nSPS) is 41.2. The lowest BCUT2D eigenvalue weighted by atomic mass is 9.55. The summed E-state index contributed by atoms with van der Waals surface area (Å²) in [7, 11) is 0. The van der Waals surface area contributed by atoms with E-state index >= 15 is 0 Å². The molecule has 0 radical (unpaired) electrons. The van der Waals surface area contributed by atoms with Gasteiger partial charge in [-0.25, -0.2) is 0 Å². The maximum absolute atomic E-state index is 10.4. The van der Waals surface area contributed by atoms with Gasteiger partial charge in [0.25, 0.3) is 0 Å². The molecule has 3 N–H and O–H groups in total. The lowest BCUT2D eigenvalue weighted by molar-refractivity contribution is -0.0227. The fourth-order valence-electron chi connectivity index (χ4n) is 5.61. The van der Waals surface area contributed by atoms with Gasteiger partial charge in [-0.05, 0) is 73.3 Å². The van der Waals surface area contributed by atoms with E-state index in [-0.39, 0.29) is 23.0 Å². The van der Waals surface area contributed by atoms with Gasteiger partial charge in [0, 0.05) is 5.56 Å². The summed E-state index contributed by atoms with van der Waals surface area (Å²) in [6, 6.07) is 3.64. The van der Waals surface area contributed by atoms with E-state index in [0.717, 1.165) is 44.1 Å². The van der Waals surface area contributed by atoms with Crippen molar-refractivity contribution in [3.05, 3.63) is 23.3 Å². The topological polar surface area (TPSA) is 60.7 Å². The van der Waals surface area contributed by atoms with E-state index in [4.69, 9.17) is 0 Å². The summed E-state index contributed by atoms with van der Waals surface area (Å²) < 4.78 is 0. The molecule has 0 heterocycles. The highest BCUT2D eigenvalue weighted by Gasteiger charge is 2.54. The molecule has 0 bridgehead atoms. The predicted molar refractivity (Wildman–Crippen MR) is 80.4 cm³/mol. The second-order valence-electron chi connectivity index (χ2n) is 7.55. The van der Waals surface area contributed by atoms with Crippen LogP contribution in [-0.4, -0.2) is 21.4 Å². The van der Waals surface area contributed by atoms with Gasteiger partial charge >= 0.3 is 0 Å². The first-order valence-corrected chi connectivity index (χ1v) is 8.24. The van der Waals surface area contributed by atoms with Crippen molar-refractivity contribution in [1.82, 2.24) is 0 Å². The fraction of sp³-hybridized carbons (Fsp3) is 0.667. The number of phenols is 2. The molecule has 4 rings (SSSR count). The number of benzene rings is 1. The van der Waals surface area contributed by atoms with Gasteiger partial charge in [0.15, 0.2) is 11.5 Å². The van der Waals surface area contributed by atoms with Crippen molar-refractivity contribution in [3.8, 4) is 11.5 Å². The molecule has 0 unspecified atom stereocenters. The number of hydrogen-bond acceptors (Lipinski definition) is 3. The van der Waals surface area contributed by atoms with Gasteiger partial charge in [0.1, 0.15) is 0 Å². The first-order valence-electron chi connectivity index (χ1n) is 8.24. The highest BCUT2D eigenvalue weighted by Crippen LogP contribution is 2.61. The van der Waals surface area contributed by atoms with Crippen LogP contribution in [0.2, 0.25) is 0 Å². The molecule has 21 heavy (non-hydrogen) atoms. The predicted octanol–water partition coefficient (Wildman–Crippen LogP) is 3.31.